The molecule has 22 heavy (non-hydrogen) atoms. The number of hydrogen-bond donors (Lipinski definition) is 1. The van der Waals surface area contributed by atoms with E-state index in [1.54, 1.807) is 0 Å². The lowest BCUT2D eigenvalue weighted by atomic mass is 9.48. The minimum atomic E-state index is -0.518. The van der Waals surface area contributed by atoms with Gasteiger partial charge in [0.05, 0.1) is 5.60 Å². The second kappa shape index (κ2) is 4.35. The lowest BCUT2D eigenvalue weighted by Crippen LogP contribution is -2.52. The number of carbonyl (C=O) groups is 1. The molecule has 0 radical (unpaired) electrons. The van der Waals surface area contributed by atoms with Crippen LogP contribution in [0.3, 0.4) is 0 Å². The summed E-state index contributed by atoms with van der Waals surface area (Å²) in [6.07, 6.45) is 12.6. The van der Waals surface area contributed by atoms with Gasteiger partial charge in [-0.1, -0.05) is 26.0 Å². The van der Waals surface area contributed by atoms with Crippen molar-refractivity contribution in [3.8, 4) is 0 Å². The summed E-state index contributed by atoms with van der Waals surface area (Å²) in [4.78, 5) is 11.8. The zero-order valence-corrected chi connectivity index (χ0v) is 14.1. The van der Waals surface area contributed by atoms with Crippen LogP contribution in [0.2, 0.25) is 0 Å². The first-order valence-corrected chi connectivity index (χ1v) is 8.94. The highest BCUT2D eigenvalue weighted by Gasteiger charge is 2.61. The fourth-order valence-corrected chi connectivity index (χ4v) is 6.24. The number of allylic oxidation sites excluding steroid dienone is 4. The zero-order chi connectivity index (χ0) is 15.8. The molecular formula is C20H28O2. The maximum Gasteiger partial charge on any atom is 0.156 e. The Morgan fingerprint density at radius 1 is 1.09 bits per heavy atom. The van der Waals surface area contributed by atoms with Crippen molar-refractivity contribution in [2.45, 2.75) is 64.9 Å². The first kappa shape index (κ1) is 14.7. The average Bonchev–Trinajstić information content (AvgIpc) is 2.70. The van der Waals surface area contributed by atoms with Crippen LogP contribution in [0.4, 0.5) is 0 Å². The average molecular weight is 300 g/mol. The van der Waals surface area contributed by atoms with Gasteiger partial charge in [0.15, 0.2) is 5.78 Å². The maximum atomic E-state index is 11.8. The Balaban J connectivity index is 1.76. The molecule has 2 nitrogen and oxygen atoms in total. The van der Waals surface area contributed by atoms with Gasteiger partial charge >= 0.3 is 0 Å². The molecule has 2 saturated carbocycles. The molecule has 4 rings (SSSR count). The minimum absolute atomic E-state index is 0.0561. The smallest absolute Gasteiger partial charge is 0.156 e. The van der Waals surface area contributed by atoms with E-state index in [1.165, 1.54) is 12.0 Å². The molecule has 0 aliphatic heterocycles. The number of aliphatic hydroxyl groups is 1. The summed E-state index contributed by atoms with van der Waals surface area (Å²) in [5.41, 5.74) is 0.970. The molecule has 0 aromatic carbocycles. The fourth-order valence-electron chi connectivity index (χ4n) is 6.24. The van der Waals surface area contributed by atoms with Gasteiger partial charge in [-0.3, -0.25) is 4.79 Å². The Labute approximate surface area is 133 Å². The highest BCUT2D eigenvalue weighted by Crippen LogP contribution is 2.65. The van der Waals surface area contributed by atoms with Crippen LogP contribution in [0.5, 0.6) is 0 Å². The van der Waals surface area contributed by atoms with Crippen molar-refractivity contribution in [3.05, 3.63) is 23.8 Å². The monoisotopic (exact) mass is 300 g/mol. The largest absolute Gasteiger partial charge is 0.390 e. The van der Waals surface area contributed by atoms with Crippen molar-refractivity contribution in [1.82, 2.24) is 0 Å². The highest BCUT2D eigenvalue weighted by molar-refractivity contribution is 5.92. The Hall–Kier alpha value is -0.890. The third kappa shape index (κ3) is 1.68. The third-order valence-electron chi connectivity index (χ3n) is 8.08. The molecule has 6 atom stereocenters. The topological polar surface area (TPSA) is 37.3 Å². The first-order valence-electron chi connectivity index (χ1n) is 8.94. The minimum Gasteiger partial charge on any atom is -0.390 e. The van der Waals surface area contributed by atoms with Crippen LogP contribution >= 0.6 is 0 Å². The second-order valence-corrected chi connectivity index (χ2v) is 8.90. The molecule has 0 spiro atoms. The maximum absolute atomic E-state index is 11.8. The summed E-state index contributed by atoms with van der Waals surface area (Å²) < 4.78 is 0. The van der Waals surface area contributed by atoms with Crippen molar-refractivity contribution in [3.63, 3.8) is 0 Å². The molecule has 0 aromatic rings. The van der Waals surface area contributed by atoms with E-state index < -0.39 is 5.60 Å². The molecule has 120 valence electrons. The molecule has 3 unspecified atom stereocenters. The van der Waals surface area contributed by atoms with Gasteiger partial charge in [-0.2, -0.15) is 0 Å². The van der Waals surface area contributed by atoms with Gasteiger partial charge < -0.3 is 5.11 Å². The van der Waals surface area contributed by atoms with Crippen molar-refractivity contribution < 1.29 is 9.90 Å². The quantitative estimate of drug-likeness (QED) is 0.733. The van der Waals surface area contributed by atoms with E-state index in [9.17, 15) is 9.90 Å². The summed E-state index contributed by atoms with van der Waals surface area (Å²) in [5.74, 6) is 2.10. The van der Waals surface area contributed by atoms with Gasteiger partial charge in [-0.05, 0) is 79.3 Å². The van der Waals surface area contributed by atoms with Crippen molar-refractivity contribution in [2.24, 2.45) is 28.6 Å². The van der Waals surface area contributed by atoms with Crippen LogP contribution < -0.4 is 0 Å². The molecule has 4 aliphatic carbocycles. The van der Waals surface area contributed by atoms with Gasteiger partial charge in [0.2, 0.25) is 0 Å². The molecule has 0 saturated heterocycles. The number of rotatable bonds is 0. The number of ketones is 1. The summed E-state index contributed by atoms with van der Waals surface area (Å²) >= 11 is 0. The van der Waals surface area contributed by atoms with Gasteiger partial charge in [0.25, 0.3) is 0 Å². The SMILES string of the molecule is C[C@]12CCC(=O)C=C1C=CC1C2CC[C@@]2(C)C1CC[C@]2(C)O. The molecule has 1 N–H and O–H groups in total. The van der Waals surface area contributed by atoms with Gasteiger partial charge in [-0.15, -0.1) is 0 Å². The van der Waals surface area contributed by atoms with Crippen LogP contribution in [-0.4, -0.2) is 16.5 Å². The first-order chi connectivity index (χ1) is 10.3. The number of fused-ring (bicyclic) bond motifs is 5. The molecule has 2 heteroatoms. The molecule has 2 fully saturated rings. The third-order valence-corrected chi connectivity index (χ3v) is 8.08. The Bertz CT molecular complexity index is 585. The predicted molar refractivity (Wildman–Crippen MR) is 87.2 cm³/mol. The van der Waals surface area contributed by atoms with Crippen LogP contribution in [0.25, 0.3) is 0 Å². The van der Waals surface area contributed by atoms with Crippen LogP contribution in [0.1, 0.15) is 59.3 Å². The second-order valence-electron chi connectivity index (χ2n) is 8.90. The normalized spacial score (nSPS) is 53.5. The Morgan fingerprint density at radius 2 is 1.82 bits per heavy atom. The molecule has 0 aromatic heterocycles. The Kier molecular flexibility index (Phi) is 2.90. The van der Waals surface area contributed by atoms with Gasteiger partial charge in [-0.25, -0.2) is 0 Å². The summed E-state index contributed by atoms with van der Waals surface area (Å²) in [7, 11) is 0. The molecule has 0 heterocycles. The van der Waals surface area contributed by atoms with Gasteiger partial charge in [0.1, 0.15) is 0 Å². The summed E-state index contributed by atoms with van der Waals surface area (Å²) in [5, 5.41) is 10.9. The van der Waals surface area contributed by atoms with Crippen LogP contribution in [0.15, 0.2) is 23.8 Å². The van der Waals surface area contributed by atoms with Crippen LogP contribution in [-0.2, 0) is 4.79 Å². The zero-order valence-electron chi connectivity index (χ0n) is 14.1. The summed E-state index contributed by atoms with van der Waals surface area (Å²) in [6.45, 7) is 6.74. The van der Waals surface area contributed by atoms with E-state index in [4.69, 9.17) is 0 Å². The lowest BCUT2D eigenvalue weighted by Gasteiger charge is -2.56. The predicted octanol–water partition coefficient (Wildman–Crippen LogP) is 4.05. The molecular weight excluding hydrogens is 272 g/mol. The summed E-state index contributed by atoms with van der Waals surface area (Å²) in [6, 6.07) is 0. The highest BCUT2D eigenvalue weighted by atomic mass is 16.3. The molecule has 4 aliphatic rings. The molecule has 0 amide bonds. The van der Waals surface area contributed by atoms with E-state index in [1.807, 2.05) is 13.0 Å². The number of carbonyl (C=O) groups excluding carboxylic acids is 1. The van der Waals surface area contributed by atoms with E-state index in [2.05, 4.69) is 26.0 Å². The van der Waals surface area contributed by atoms with E-state index in [-0.39, 0.29) is 10.8 Å². The van der Waals surface area contributed by atoms with Crippen molar-refractivity contribution in [1.29, 1.82) is 0 Å². The van der Waals surface area contributed by atoms with E-state index in [0.29, 0.717) is 30.0 Å². The van der Waals surface area contributed by atoms with E-state index >= 15 is 0 Å². The standard InChI is InChI=1S/C20H28O2/c1-18-9-6-14(21)12-13(18)4-5-15-16(18)7-10-19(2)17(15)8-11-20(19,3)22/h4-5,12,15-17,22H,6-11H2,1-3H3/t15?,16?,17?,18-,19-,20-/m0/s1. The Morgan fingerprint density at radius 3 is 2.59 bits per heavy atom. The van der Waals surface area contributed by atoms with Gasteiger partial charge in [0, 0.05) is 6.42 Å². The fraction of sp³-hybridized carbons (Fsp3) is 0.750. The number of hydrogen-bond acceptors (Lipinski definition) is 2. The van der Waals surface area contributed by atoms with Crippen LogP contribution in [0, 0.1) is 28.6 Å². The van der Waals surface area contributed by atoms with Crippen molar-refractivity contribution >= 4 is 5.78 Å². The lowest BCUT2D eigenvalue weighted by molar-refractivity contribution is -0.118. The molecule has 0 bridgehead atoms. The van der Waals surface area contributed by atoms with Crippen molar-refractivity contribution in [2.75, 3.05) is 0 Å². The van der Waals surface area contributed by atoms with E-state index in [0.717, 1.165) is 25.7 Å².